The summed E-state index contributed by atoms with van der Waals surface area (Å²) in [5.41, 5.74) is 3.37. The summed E-state index contributed by atoms with van der Waals surface area (Å²) < 4.78 is 5.43. The fourth-order valence-corrected chi connectivity index (χ4v) is 5.50. The molecule has 0 radical (unpaired) electrons. The van der Waals surface area contributed by atoms with Crippen LogP contribution in [0.3, 0.4) is 0 Å². The van der Waals surface area contributed by atoms with Gasteiger partial charge in [-0.3, -0.25) is 19.2 Å². The molecule has 0 fully saturated rings. The van der Waals surface area contributed by atoms with E-state index in [1.807, 2.05) is 91.0 Å². The van der Waals surface area contributed by atoms with Crippen LogP contribution in [0.25, 0.3) is 11.1 Å². The summed E-state index contributed by atoms with van der Waals surface area (Å²) in [5.74, 6) is -3.37. The Bertz CT molecular complexity index is 1860. The number of hydrogen-bond donors (Lipinski definition) is 5. The lowest BCUT2D eigenvalue weighted by Gasteiger charge is -2.20. The number of nitrogens with one attached hydrogen (secondary N) is 4. The lowest BCUT2D eigenvalue weighted by molar-refractivity contribution is -0.141. The zero-order chi connectivity index (χ0) is 37.8. The second-order valence-electron chi connectivity index (χ2n) is 11.9. The van der Waals surface area contributed by atoms with E-state index in [1.54, 1.807) is 35.6 Å². The lowest BCUT2D eigenvalue weighted by atomic mass is 10.00. The monoisotopic (exact) mass is 734 g/mol. The molecule has 0 saturated carbocycles. The van der Waals surface area contributed by atoms with E-state index in [2.05, 4.69) is 45.7 Å². The standard InChI is InChI=1S/C30H30N4O7.C6H6.C5H6S/c35-26-16-31-28(37)18-41-23-12-8-20(9-13-23)15-25(30(39)40)34-27(36)17-32-29(38)24(33-26)14-19-6-10-22(11-7-19)21-4-2-1-3-5-21;1-2-4-6-5-3-1;1-5-3-2-4-6-5/h1-13,24-25H,14-18H2,(H,31,37)(H,32,38)(H,33,35)(H,34,36)(H,39,40);1-6H;2-4H,1H3/t24-,25+;;/m1../s1. The Morgan fingerprint density at radius 3 is 1.85 bits per heavy atom. The van der Waals surface area contributed by atoms with Gasteiger partial charge in [0.1, 0.15) is 17.8 Å². The van der Waals surface area contributed by atoms with Gasteiger partial charge in [-0.1, -0.05) is 109 Å². The van der Waals surface area contributed by atoms with Crippen LogP contribution in [0.1, 0.15) is 16.0 Å². The van der Waals surface area contributed by atoms with Crippen molar-refractivity contribution in [1.82, 2.24) is 21.3 Å². The predicted molar refractivity (Wildman–Crippen MR) is 204 cm³/mol. The van der Waals surface area contributed by atoms with Crippen LogP contribution >= 0.6 is 11.3 Å². The largest absolute Gasteiger partial charge is 0.484 e. The molecule has 2 aliphatic heterocycles. The first-order chi connectivity index (χ1) is 25.7. The van der Waals surface area contributed by atoms with E-state index in [0.717, 1.165) is 16.7 Å². The minimum atomic E-state index is -1.24. The Balaban J connectivity index is 0.000000439. The lowest BCUT2D eigenvalue weighted by Crippen LogP contribution is -2.53. The number of ether oxygens (including phenoxy) is 1. The summed E-state index contributed by atoms with van der Waals surface area (Å²) in [7, 11) is 0. The zero-order valence-corrected chi connectivity index (χ0v) is 30.0. The molecule has 11 nitrogen and oxygen atoms in total. The summed E-state index contributed by atoms with van der Waals surface area (Å²) in [6.07, 6.45) is 0.102. The third-order valence-electron chi connectivity index (χ3n) is 7.72. The molecule has 2 atom stereocenters. The van der Waals surface area contributed by atoms with Crippen LogP contribution in [0.2, 0.25) is 0 Å². The van der Waals surface area contributed by atoms with Crippen molar-refractivity contribution in [3.05, 3.63) is 149 Å². The average Bonchev–Trinajstić information content (AvgIpc) is 3.67. The number of carboxylic acid groups (broad SMARTS) is 1. The summed E-state index contributed by atoms with van der Waals surface area (Å²) in [4.78, 5) is 63.6. The van der Waals surface area contributed by atoms with Gasteiger partial charge in [0.25, 0.3) is 5.91 Å². The Morgan fingerprint density at radius 1 is 0.698 bits per heavy atom. The summed E-state index contributed by atoms with van der Waals surface area (Å²) in [5, 5.41) is 21.6. The van der Waals surface area contributed by atoms with Crippen molar-refractivity contribution >= 4 is 40.9 Å². The topological polar surface area (TPSA) is 163 Å². The van der Waals surface area contributed by atoms with Crippen molar-refractivity contribution in [1.29, 1.82) is 0 Å². The number of hydrogen-bond acceptors (Lipinski definition) is 7. The summed E-state index contributed by atoms with van der Waals surface area (Å²) in [6, 6.07) is 37.5. The Hall–Kier alpha value is -6.27. The van der Waals surface area contributed by atoms with Crippen LogP contribution in [0.15, 0.2) is 133 Å². The normalized spacial score (nSPS) is 16.5. The Labute approximate surface area is 312 Å². The number of aliphatic carboxylic acids is 1. The molecule has 3 heterocycles. The number of rotatable bonds is 4. The molecule has 274 valence electrons. The summed E-state index contributed by atoms with van der Waals surface area (Å²) >= 11 is 1.78. The Kier molecular flexibility index (Phi) is 15.8. The first-order valence-corrected chi connectivity index (χ1v) is 17.8. The van der Waals surface area contributed by atoms with Gasteiger partial charge in [0.05, 0.1) is 13.1 Å². The van der Waals surface area contributed by atoms with E-state index in [0.29, 0.717) is 11.3 Å². The number of carbonyl (C=O) groups is 5. The van der Waals surface area contributed by atoms with Gasteiger partial charge in [-0.25, -0.2) is 4.79 Å². The molecule has 0 aliphatic carbocycles. The molecule has 0 spiro atoms. The molecule has 1 aromatic heterocycles. The maximum absolute atomic E-state index is 13.1. The van der Waals surface area contributed by atoms with Crippen LogP contribution in [0, 0.1) is 6.92 Å². The second-order valence-corrected chi connectivity index (χ2v) is 13.0. The van der Waals surface area contributed by atoms with Crippen molar-refractivity contribution in [3.8, 4) is 16.9 Å². The van der Waals surface area contributed by atoms with E-state index in [9.17, 15) is 29.1 Å². The third-order valence-corrected chi connectivity index (χ3v) is 8.52. The van der Waals surface area contributed by atoms with Crippen molar-refractivity contribution in [3.63, 3.8) is 0 Å². The minimum Gasteiger partial charge on any atom is -0.484 e. The van der Waals surface area contributed by atoms with Crippen molar-refractivity contribution in [2.45, 2.75) is 31.8 Å². The number of fused-ring (bicyclic) bond motifs is 16. The highest BCUT2D eigenvalue weighted by Gasteiger charge is 2.24. The number of amides is 4. The van der Waals surface area contributed by atoms with Gasteiger partial charge in [-0.05, 0) is 52.8 Å². The van der Waals surface area contributed by atoms with E-state index in [-0.39, 0.29) is 19.4 Å². The number of carbonyl (C=O) groups excluding carboxylic acids is 4. The Morgan fingerprint density at radius 2 is 1.28 bits per heavy atom. The molecule has 12 heteroatoms. The molecule has 4 amide bonds. The van der Waals surface area contributed by atoms with Gasteiger partial charge in [0, 0.05) is 17.7 Å². The first kappa shape index (κ1) is 39.5. The van der Waals surface area contributed by atoms with E-state index in [4.69, 9.17) is 4.74 Å². The van der Waals surface area contributed by atoms with Crippen LogP contribution in [-0.4, -0.2) is 66.5 Å². The highest BCUT2D eigenvalue weighted by atomic mass is 32.1. The fraction of sp³-hybridized carbons (Fsp3) is 0.195. The van der Waals surface area contributed by atoms with E-state index >= 15 is 0 Å². The van der Waals surface area contributed by atoms with E-state index < -0.39 is 54.8 Å². The van der Waals surface area contributed by atoms with Crippen molar-refractivity contribution in [2.24, 2.45) is 0 Å². The van der Waals surface area contributed by atoms with Crippen LogP contribution in [0.5, 0.6) is 5.75 Å². The highest BCUT2D eigenvalue weighted by Crippen LogP contribution is 2.20. The van der Waals surface area contributed by atoms with Crippen LogP contribution < -0.4 is 26.0 Å². The van der Waals surface area contributed by atoms with Crippen molar-refractivity contribution in [2.75, 3.05) is 19.7 Å². The highest BCUT2D eigenvalue weighted by molar-refractivity contribution is 7.09. The molecule has 53 heavy (non-hydrogen) atoms. The molecule has 2 aliphatic rings. The molecule has 5 N–H and O–H groups in total. The van der Waals surface area contributed by atoms with Gasteiger partial charge in [0.15, 0.2) is 6.61 Å². The second kappa shape index (κ2) is 21.2. The number of thiophene rings is 1. The molecule has 0 saturated heterocycles. The third kappa shape index (κ3) is 14.5. The molecule has 2 bridgehead atoms. The molecular weight excluding hydrogens is 693 g/mol. The minimum absolute atomic E-state index is 0.00650. The number of aryl methyl sites for hydroxylation is 1. The van der Waals surface area contributed by atoms with Crippen molar-refractivity contribution < 1.29 is 33.8 Å². The average molecular weight is 735 g/mol. The number of carboxylic acids is 1. The molecule has 5 aromatic rings. The number of benzene rings is 4. The van der Waals surface area contributed by atoms with Gasteiger partial charge in [-0.2, -0.15) is 0 Å². The quantitative estimate of drug-likeness (QED) is 0.169. The fourth-order valence-electron chi connectivity index (χ4n) is 4.97. The predicted octanol–water partition coefficient (Wildman–Crippen LogP) is 4.56. The van der Waals surface area contributed by atoms with Gasteiger partial charge in [-0.15, -0.1) is 11.3 Å². The maximum atomic E-state index is 13.1. The molecule has 0 unspecified atom stereocenters. The first-order valence-electron chi connectivity index (χ1n) is 16.9. The van der Waals surface area contributed by atoms with Gasteiger partial charge < -0.3 is 31.1 Å². The zero-order valence-electron chi connectivity index (χ0n) is 29.2. The molecular formula is C41H42N4O7S. The SMILES string of the molecule is Cc1cccs1.O=C1COc2ccc(cc2)C[C@@H](C(=O)O)NC(=O)CNC(=O)[C@@H](Cc2ccc(-c3ccccc3)cc2)NC(=O)CN1.c1ccccc1. The summed E-state index contributed by atoms with van der Waals surface area (Å²) in [6.45, 7) is 0.868. The smallest absolute Gasteiger partial charge is 0.326 e. The van der Waals surface area contributed by atoms with Gasteiger partial charge in [0.2, 0.25) is 17.7 Å². The molecule has 4 aromatic carbocycles. The van der Waals surface area contributed by atoms with Crippen LogP contribution in [0.4, 0.5) is 0 Å². The maximum Gasteiger partial charge on any atom is 0.326 e. The van der Waals surface area contributed by atoms with E-state index in [1.165, 1.54) is 4.88 Å². The molecule has 7 rings (SSSR count). The van der Waals surface area contributed by atoms with Crippen LogP contribution in [-0.2, 0) is 36.8 Å². The van der Waals surface area contributed by atoms with Gasteiger partial charge >= 0.3 is 5.97 Å².